The Bertz CT molecular complexity index is 1070. The first-order valence-corrected chi connectivity index (χ1v) is 11.4. The van der Waals surface area contributed by atoms with E-state index in [2.05, 4.69) is 26.7 Å². The third-order valence-corrected chi connectivity index (χ3v) is 6.44. The standard InChI is InChI=1S/C23H25Cl2N5O2/c1-4-26-23-27-6-5-16(29-23)11-28-21(31)19-18-12(2)7-13(3)20(19)30(22(18)32)17-9-14(24)8-15(25)10-17/h5-10,12,18-20H,4,11H2,1-3H3,(H,28,31)(H,26,27,29). The van der Waals surface area contributed by atoms with Gasteiger partial charge in [-0.2, -0.15) is 0 Å². The molecule has 1 fully saturated rings. The highest BCUT2D eigenvalue weighted by molar-refractivity contribution is 6.35. The number of anilines is 2. The Morgan fingerprint density at radius 2 is 1.94 bits per heavy atom. The predicted octanol–water partition coefficient (Wildman–Crippen LogP) is 4.08. The molecular formula is C23H25Cl2N5O2. The number of fused-ring (bicyclic) bond motifs is 2. The number of allylic oxidation sites excluding steroid dienone is 1. The van der Waals surface area contributed by atoms with Crippen LogP contribution in [0.15, 0.2) is 42.1 Å². The van der Waals surface area contributed by atoms with Crippen molar-refractivity contribution in [2.24, 2.45) is 17.8 Å². The molecule has 2 N–H and O–H groups in total. The second kappa shape index (κ2) is 9.08. The van der Waals surface area contributed by atoms with Crippen molar-refractivity contribution in [3.05, 3.63) is 57.9 Å². The number of halogens is 2. The van der Waals surface area contributed by atoms with Crippen LogP contribution in [0.4, 0.5) is 11.6 Å². The van der Waals surface area contributed by atoms with E-state index >= 15 is 0 Å². The molecule has 2 amide bonds. The molecule has 9 heteroatoms. The summed E-state index contributed by atoms with van der Waals surface area (Å²) in [6, 6.07) is 6.42. The lowest BCUT2D eigenvalue weighted by atomic mass is 9.74. The van der Waals surface area contributed by atoms with Crippen LogP contribution < -0.4 is 15.5 Å². The maximum absolute atomic E-state index is 13.5. The van der Waals surface area contributed by atoms with Gasteiger partial charge in [0.25, 0.3) is 0 Å². The van der Waals surface area contributed by atoms with Crippen molar-refractivity contribution >= 4 is 46.7 Å². The fraction of sp³-hybridized carbons (Fsp3) is 0.391. The topological polar surface area (TPSA) is 87.2 Å². The molecule has 1 saturated heterocycles. The minimum absolute atomic E-state index is 0.0615. The largest absolute Gasteiger partial charge is 0.354 e. The van der Waals surface area contributed by atoms with Gasteiger partial charge in [-0.25, -0.2) is 9.97 Å². The second-order valence-electron chi connectivity index (χ2n) is 8.22. The summed E-state index contributed by atoms with van der Waals surface area (Å²) in [5.41, 5.74) is 2.27. The first-order valence-electron chi connectivity index (χ1n) is 10.6. The van der Waals surface area contributed by atoms with Crippen molar-refractivity contribution in [3.63, 3.8) is 0 Å². The van der Waals surface area contributed by atoms with E-state index in [-0.39, 0.29) is 30.3 Å². The van der Waals surface area contributed by atoms with E-state index in [0.717, 1.165) is 5.57 Å². The van der Waals surface area contributed by atoms with Crippen LogP contribution in [0.2, 0.25) is 10.0 Å². The van der Waals surface area contributed by atoms with Gasteiger partial charge in [-0.3, -0.25) is 9.59 Å². The number of amides is 2. The molecule has 168 valence electrons. The second-order valence-corrected chi connectivity index (χ2v) is 9.09. The Morgan fingerprint density at radius 1 is 1.22 bits per heavy atom. The van der Waals surface area contributed by atoms with Gasteiger partial charge >= 0.3 is 0 Å². The Hall–Kier alpha value is -2.64. The molecule has 2 bridgehead atoms. The summed E-state index contributed by atoms with van der Waals surface area (Å²) in [7, 11) is 0. The van der Waals surface area contributed by atoms with Crippen molar-refractivity contribution in [1.82, 2.24) is 15.3 Å². The van der Waals surface area contributed by atoms with E-state index in [4.69, 9.17) is 23.2 Å². The molecular weight excluding hydrogens is 449 g/mol. The quantitative estimate of drug-likeness (QED) is 0.617. The minimum Gasteiger partial charge on any atom is -0.354 e. The third kappa shape index (κ3) is 4.19. The van der Waals surface area contributed by atoms with Crippen molar-refractivity contribution in [2.75, 3.05) is 16.8 Å². The molecule has 0 spiro atoms. The summed E-state index contributed by atoms with van der Waals surface area (Å²) in [5.74, 6) is -0.783. The molecule has 2 aliphatic rings. The van der Waals surface area contributed by atoms with Gasteiger partial charge in [0.05, 0.1) is 30.1 Å². The molecule has 0 saturated carbocycles. The molecule has 4 atom stereocenters. The van der Waals surface area contributed by atoms with Crippen molar-refractivity contribution in [2.45, 2.75) is 33.4 Å². The van der Waals surface area contributed by atoms with Gasteiger partial charge in [0.15, 0.2) is 0 Å². The van der Waals surface area contributed by atoms with E-state index < -0.39 is 11.8 Å². The average Bonchev–Trinajstić information content (AvgIpc) is 3.00. The Morgan fingerprint density at radius 3 is 2.62 bits per heavy atom. The fourth-order valence-corrected chi connectivity index (χ4v) is 5.28. The van der Waals surface area contributed by atoms with Crippen LogP contribution in [-0.4, -0.2) is 34.4 Å². The predicted molar refractivity (Wildman–Crippen MR) is 126 cm³/mol. The number of nitrogens with one attached hydrogen (secondary N) is 2. The maximum Gasteiger partial charge on any atom is 0.232 e. The summed E-state index contributed by atoms with van der Waals surface area (Å²) < 4.78 is 0. The van der Waals surface area contributed by atoms with E-state index in [9.17, 15) is 9.59 Å². The monoisotopic (exact) mass is 473 g/mol. The van der Waals surface area contributed by atoms with Gasteiger partial charge in [-0.15, -0.1) is 0 Å². The number of nitrogens with zero attached hydrogens (tertiary/aromatic N) is 3. The van der Waals surface area contributed by atoms with Gasteiger partial charge in [0, 0.05) is 28.5 Å². The highest BCUT2D eigenvalue weighted by Crippen LogP contribution is 2.47. The molecule has 2 aromatic rings. The van der Waals surface area contributed by atoms with Gasteiger partial charge in [-0.1, -0.05) is 41.8 Å². The van der Waals surface area contributed by atoms with Crippen LogP contribution in [0.25, 0.3) is 0 Å². The fourth-order valence-electron chi connectivity index (χ4n) is 4.77. The number of hydrogen-bond donors (Lipinski definition) is 2. The molecule has 7 nitrogen and oxygen atoms in total. The Balaban J connectivity index is 1.60. The molecule has 4 rings (SSSR count). The summed E-state index contributed by atoms with van der Waals surface area (Å²) in [5, 5.41) is 6.92. The van der Waals surface area contributed by atoms with Crippen molar-refractivity contribution in [1.29, 1.82) is 0 Å². The zero-order valence-electron chi connectivity index (χ0n) is 18.1. The van der Waals surface area contributed by atoms with Gasteiger partial charge in [0.1, 0.15) is 0 Å². The molecule has 0 radical (unpaired) electrons. The van der Waals surface area contributed by atoms with Gasteiger partial charge in [-0.05, 0) is 44.0 Å². The normalized spacial score (nSPS) is 24.3. The van der Waals surface area contributed by atoms with Crippen LogP contribution in [0.3, 0.4) is 0 Å². The minimum atomic E-state index is -0.518. The molecule has 2 heterocycles. The highest BCUT2D eigenvalue weighted by atomic mass is 35.5. The van der Waals surface area contributed by atoms with E-state index in [0.29, 0.717) is 33.9 Å². The zero-order chi connectivity index (χ0) is 23.0. The Kier molecular flexibility index (Phi) is 6.40. The summed E-state index contributed by atoms with van der Waals surface area (Å²) in [6.45, 7) is 6.86. The average molecular weight is 474 g/mol. The Labute approximate surface area is 197 Å². The molecule has 32 heavy (non-hydrogen) atoms. The zero-order valence-corrected chi connectivity index (χ0v) is 19.6. The number of hydrogen-bond acceptors (Lipinski definition) is 5. The lowest BCUT2D eigenvalue weighted by molar-refractivity contribution is -0.131. The van der Waals surface area contributed by atoms with Gasteiger partial charge in [0.2, 0.25) is 17.8 Å². The molecule has 1 aromatic carbocycles. The SMILES string of the molecule is CCNc1nccc(CNC(=O)C2C3C(=O)N(c4cc(Cl)cc(Cl)c4)C2C(C)=CC3C)n1. The van der Waals surface area contributed by atoms with E-state index in [1.807, 2.05) is 20.8 Å². The number of benzene rings is 1. The molecule has 4 unspecified atom stereocenters. The number of carbonyl (C=O) groups excluding carboxylic acids is 2. The summed E-state index contributed by atoms with van der Waals surface area (Å²) in [6.07, 6.45) is 3.73. The van der Waals surface area contributed by atoms with E-state index in [1.165, 1.54) is 0 Å². The van der Waals surface area contributed by atoms with Gasteiger partial charge < -0.3 is 15.5 Å². The van der Waals surface area contributed by atoms with Crippen molar-refractivity contribution in [3.8, 4) is 0 Å². The van der Waals surface area contributed by atoms with Crippen LogP contribution in [0.5, 0.6) is 0 Å². The highest BCUT2D eigenvalue weighted by Gasteiger charge is 2.56. The van der Waals surface area contributed by atoms with Crippen LogP contribution in [0, 0.1) is 17.8 Å². The molecule has 1 aliphatic heterocycles. The smallest absolute Gasteiger partial charge is 0.232 e. The van der Waals surface area contributed by atoms with Crippen LogP contribution in [0.1, 0.15) is 26.5 Å². The summed E-state index contributed by atoms with van der Waals surface area (Å²) >= 11 is 12.4. The first kappa shape index (κ1) is 22.6. The van der Waals surface area contributed by atoms with Crippen LogP contribution >= 0.6 is 23.2 Å². The maximum atomic E-state index is 13.5. The molecule has 1 aliphatic carbocycles. The number of rotatable bonds is 6. The number of carbonyl (C=O) groups is 2. The lowest BCUT2D eigenvalue weighted by Gasteiger charge is -2.32. The van der Waals surface area contributed by atoms with E-state index in [1.54, 1.807) is 35.4 Å². The third-order valence-electron chi connectivity index (χ3n) is 6.01. The summed E-state index contributed by atoms with van der Waals surface area (Å²) in [4.78, 5) is 37.1. The lowest BCUT2D eigenvalue weighted by Crippen LogP contribution is -2.44. The van der Waals surface area contributed by atoms with Crippen LogP contribution in [-0.2, 0) is 16.1 Å². The first-order chi connectivity index (χ1) is 15.3. The number of aromatic nitrogens is 2. The molecule has 1 aromatic heterocycles. The van der Waals surface area contributed by atoms with Crippen molar-refractivity contribution < 1.29 is 9.59 Å².